The predicted molar refractivity (Wildman–Crippen MR) is 62.3 cm³/mol. The van der Waals surface area contributed by atoms with Crippen LogP contribution in [0.1, 0.15) is 30.1 Å². The van der Waals surface area contributed by atoms with Crippen molar-refractivity contribution in [2.45, 2.75) is 19.8 Å². The van der Waals surface area contributed by atoms with Crippen LogP contribution >= 0.6 is 23.2 Å². The Morgan fingerprint density at radius 3 is 2.53 bits per heavy atom. The molecule has 15 heavy (non-hydrogen) atoms. The quantitative estimate of drug-likeness (QED) is 0.752. The fraction of sp³-hybridized carbons (Fsp3) is 0.364. The van der Waals surface area contributed by atoms with Crippen molar-refractivity contribution in [3.05, 3.63) is 27.7 Å². The van der Waals surface area contributed by atoms with E-state index in [9.17, 15) is 4.79 Å². The lowest BCUT2D eigenvalue weighted by atomic mass is 10.1. The van der Waals surface area contributed by atoms with Gasteiger partial charge in [-0.2, -0.15) is 0 Å². The molecular weight excluding hydrogens is 235 g/mol. The standard InChI is InChI=1S/C11H12Cl2O2/c1-3-4-10(14)7-5-9(13)11(15-2)6-8(7)12/h5-6H,3-4H2,1-2H3. The summed E-state index contributed by atoms with van der Waals surface area (Å²) >= 11 is 11.9. The van der Waals surface area contributed by atoms with Gasteiger partial charge in [0.25, 0.3) is 0 Å². The number of halogens is 2. The molecule has 0 aromatic heterocycles. The summed E-state index contributed by atoms with van der Waals surface area (Å²) in [5.74, 6) is 0.488. The van der Waals surface area contributed by atoms with E-state index >= 15 is 0 Å². The highest BCUT2D eigenvalue weighted by Gasteiger charge is 2.13. The van der Waals surface area contributed by atoms with Crippen LogP contribution in [-0.4, -0.2) is 12.9 Å². The van der Waals surface area contributed by atoms with E-state index in [0.29, 0.717) is 27.8 Å². The van der Waals surface area contributed by atoms with Gasteiger partial charge in [0, 0.05) is 18.1 Å². The van der Waals surface area contributed by atoms with Gasteiger partial charge in [0.1, 0.15) is 5.75 Å². The van der Waals surface area contributed by atoms with Gasteiger partial charge >= 0.3 is 0 Å². The molecule has 1 rings (SSSR count). The molecule has 0 radical (unpaired) electrons. The molecule has 0 spiro atoms. The Balaban J connectivity index is 3.10. The summed E-state index contributed by atoms with van der Waals surface area (Å²) in [7, 11) is 1.51. The molecule has 0 saturated carbocycles. The zero-order valence-electron chi connectivity index (χ0n) is 8.64. The van der Waals surface area contributed by atoms with Crippen LogP contribution in [0.5, 0.6) is 5.75 Å². The van der Waals surface area contributed by atoms with Gasteiger partial charge in [-0.05, 0) is 12.5 Å². The zero-order chi connectivity index (χ0) is 11.4. The summed E-state index contributed by atoms with van der Waals surface area (Å²) in [5, 5.41) is 0.788. The molecule has 0 fully saturated rings. The fourth-order valence-corrected chi connectivity index (χ4v) is 1.76. The Morgan fingerprint density at radius 2 is 2.00 bits per heavy atom. The van der Waals surface area contributed by atoms with E-state index in [1.54, 1.807) is 12.1 Å². The first-order valence-corrected chi connectivity index (χ1v) is 5.42. The minimum Gasteiger partial charge on any atom is -0.495 e. The first-order chi connectivity index (χ1) is 7.10. The van der Waals surface area contributed by atoms with Gasteiger partial charge in [0.15, 0.2) is 5.78 Å². The van der Waals surface area contributed by atoms with Gasteiger partial charge in [-0.3, -0.25) is 4.79 Å². The number of benzene rings is 1. The first-order valence-electron chi connectivity index (χ1n) is 4.66. The highest BCUT2D eigenvalue weighted by molar-refractivity contribution is 6.36. The van der Waals surface area contributed by atoms with Crippen LogP contribution in [-0.2, 0) is 0 Å². The number of methoxy groups -OCH3 is 1. The zero-order valence-corrected chi connectivity index (χ0v) is 10.2. The molecule has 0 aliphatic heterocycles. The average molecular weight is 247 g/mol. The van der Waals surface area contributed by atoms with Crippen molar-refractivity contribution in [3.8, 4) is 5.75 Å². The number of carbonyl (C=O) groups is 1. The van der Waals surface area contributed by atoms with E-state index in [4.69, 9.17) is 27.9 Å². The highest BCUT2D eigenvalue weighted by Crippen LogP contribution is 2.31. The number of Topliss-reactive ketones (excluding diaryl/α,β-unsaturated/α-hetero) is 1. The Morgan fingerprint density at radius 1 is 1.33 bits per heavy atom. The van der Waals surface area contributed by atoms with Crippen molar-refractivity contribution in [1.82, 2.24) is 0 Å². The van der Waals surface area contributed by atoms with E-state index < -0.39 is 0 Å². The lowest BCUT2D eigenvalue weighted by molar-refractivity contribution is 0.0982. The van der Waals surface area contributed by atoms with Crippen LogP contribution in [0.15, 0.2) is 12.1 Å². The van der Waals surface area contributed by atoms with Crippen LogP contribution in [0.2, 0.25) is 10.0 Å². The minimum absolute atomic E-state index is 0.00653. The molecule has 0 aliphatic rings. The summed E-state index contributed by atoms with van der Waals surface area (Å²) < 4.78 is 4.99. The second-order valence-electron chi connectivity index (χ2n) is 3.14. The maximum absolute atomic E-state index is 11.6. The van der Waals surface area contributed by atoms with E-state index in [2.05, 4.69) is 0 Å². The lowest BCUT2D eigenvalue weighted by Crippen LogP contribution is -2.00. The van der Waals surface area contributed by atoms with E-state index in [1.165, 1.54) is 7.11 Å². The van der Waals surface area contributed by atoms with Crippen LogP contribution in [0.25, 0.3) is 0 Å². The molecule has 0 heterocycles. The van der Waals surface area contributed by atoms with Crippen LogP contribution in [0.4, 0.5) is 0 Å². The first kappa shape index (κ1) is 12.3. The number of hydrogen-bond donors (Lipinski definition) is 0. The van der Waals surface area contributed by atoms with Crippen molar-refractivity contribution >= 4 is 29.0 Å². The molecule has 0 N–H and O–H groups in total. The van der Waals surface area contributed by atoms with Gasteiger partial charge in [-0.25, -0.2) is 0 Å². The summed E-state index contributed by atoms with van der Waals surface area (Å²) in [6.07, 6.45) is 1.27. The molecular formula is C11H12Cl2O2. The van der Waals surface area contributed by atoms with Crippen molar-refractivity contribution in [1.29, 1.82) is 0 Å². The SMILES string of the molecule is CCCC(=O)c1cc(Cl)c(OC)cc1Cl. The number of hydrogen-bond acceptors (Lipinski definition) is 2. The smallest absolute Gasteiger partial charge is 0.164 e. The molecule has 0 bridgehead atoms. The summed E-state index contributed by atoms with van der Waals surface area (Å²) in [5.41, 5.74) is 0.462. The largest absolute Gasteiger partial charge is 0.495 e. The molecule has 1 aromatic carbocycles. The van der Waals surface area contributed by atoms with E-state index in [0.717, 1.165) is 6.42 Å². The molecule has 0 unspecified atom stereocenters. The molecule has 0 amide bonds. The summed E-state index contributed by atoms with van der Waals surface area (Å²) in [6, 6.07) is 3.12. The monoisotopic (exact) mass is 246 g/mol. The third-order valence-corrected chi connectivity index (χ3v) is 2.63. The fourth-order valence-electron chi connectivity index (χ4n) is 1.26. The van der Waals surface area contributed by atoms with Crippen LogP contribution in [0, 0.1) is 0 Å². The third kappa shape index (κ3) is 2.86. The molecule has 2 nitrogen and oxygen atoms in total. The highest BCUT2D eigenvalue weighted by atomic mass is 35.5. The molecule has 0 atom stereocenters. The van der Waals surface area contributed by atoms with Crippen LogP contribution < -0.4 is 4.74 Å². The third-order valence-electron chi connectivity index (χ3n) is 2.02. The lowest BCUT2D eigenvalue weighted by Gasteiger charge is -2.07. The number of rotatable bonds is 4. The van der Waals surface area contributed by atoms with Crippen LogP contribution in [0.3, 0.4) is 0 Å². The van der Waals surface area contributed by atoms with Gasteiger partial charge in [0.05, 0.1) is 17.2 Å². The number of ketones is 1. The van der Waals surface area contributed by atoms with Crippen molar-refractivity contribution in [3.63, 3.8) is 0 Å². The Hall–Kier alpha value is -0.730. The predicted octanol–water partition coefficient (Wildman–Crippen LogP) is 3.98. The van der Waals surface area contributed by atoms with E-state index in [1.807, 2.05) is 6.92 Å². The maximum atomic E-state index is 11.6. The summed E-state index contributed by atoms with van der Waals surface area (Å²) in [4.78, 5) is 11.6. The van der Waals surface area contributed by atoms with Crippen molar-refractivity contribution in [2.75, 3.05) is 7.11 Å². The number of ether oxygens (including phenoxy) is 1. The topological polar surface area (TPSA) is 26.3 Å². The second kappa shape index (κ2) is 5.38. The Kier molecular flexibility index (Phi) is 4.43. The molecule has 4 heteroatoms. The van der Waals surface area contributed by atoms with E-state index in [-0.39, 0.29) is 5.78 Å². The normalized spacial score (nSPS) is 10.1. The Labute approximate surface area is 99.1 Å². The van der Waals surface area contributed by atoms with Gasteiger partial charge < -0.3 is 4.74 Å². The van der Waals surface area contributed by atoms with Gasteiger partial charge in [0.2, 0.25) is 0 Å². The van der Waals surface area contributed by atoms with Gasteiger partial charge in [-0.15, -0.1) is 0 Å². The molecule has 82 valence electrons. The number of carbonyl (C=O) groups excluding carboxylic acids is 1. The van der Waals surface area contributed by atoms with Gasteiger partial charge in [-0.1, -0.05) is 30.1 Å². The Bertz CT molecular complexity index is 375. The molecule has 0 saturated heterocycles. The van der Waals surface area contributed by atoms with Crippen molar-refractivity contribution in [2.24, 2.45) is 0 Å². The molecule has 1 aromatic rings. The minimum atomic E-state index is 0.00653. The maximum Gasteiger partial charge on any atom is 0.164 e. The average Bonchev–Trinajstić information content (AvgIpc) is 2.21. The van der Waals surface area contributed by atoms with Crippen molar-refractivity contribution < 1.29 is 9.53 Å². The summed E-state index contributed by atoms with van der Waals surface area (Å²) in [6.45, 7) is 1.94. The molecule has 0 aliphatic carbocycles. The second-order valence-corrected chi connectivity index (χ2v) is 3.95.